The molecule has 0 aromatic carbocycles. The summed E-state index contributed by atoms with van der Waals surface area (Å²) >= 11 is 0. The van der Waals surface area contributed by atoms with Crippen molar-refractivity contribution in [1.82, 2.24) is 5.32 Å². The van der Waals surface area contributed by atoms with E-state index in [0.717, 1.165) is 0 Å². The van der Waals surface area contributed by atoms with Gasteiger partial charge < -0.3 is 47.9 Å². The van der Waals surface area contributed by atoms with E-state index >= 15 is 0 Å². The number of carbonyl (C=O) groups is 1. The van der Waals surface area contributed by atoms with Crippen molar-refractivity contribution in [2.24, 2.45) is 0 Å². The van der Waals surface area contributed by atoms with Gasteiger partial charge >= 0.3 is 6.09 Å². The molecule has 0 radical (unpaired) electrons. The van der Waals surface area contributed by atoms with Gasteiger partial charge in [0.05, 0.1) is 99.1 Å². The first-order valence-corrected chi connectivity index (χ1v) is 12.0. The minimum atomic E-state index is -0.506. The van der Waals surface area contributed by atoms with E-state index in [2.05, 4.69) is 11.2 Å². The van der Waals surface area contributed by atoms with Gasteiger partial charge in [0, 0.05) is 6.54 Å². The smallest absolute Gasteiger partial charge is 0.407 e. The Labute approximate surface area is 210 Å². The van der Waals surface area contributed by atoms with Gasteiger partial charge in [0.2, 0.25) is 0 Å². The molecule has 0 aliphatic carbocycles. The molecule has 0 aliphatic heterocycles. The average molecular weight is 508 g/mol. The number of ether oxygens (including phenoxy) is 9. The number of alkyl carbamates (subject to hydrolysis) is 1. The van der Waals surface area contributed by atoms with Gasteiger partial charge in [0.15, 0.2) is 0 Å². The predicted octanol–water partition coefficient (Wildman–Crippen LogP) is 1.28. The standard InChI is InChI=1S/C24H45NO10/c1-5-7-27-9-11-29-13-15-31-17-19-33-21-22-34-20-18-32-16-14-30-12-10-28-8-6-25-23(26)35-24(2,3)4/h1H,6-22H2,2-4H3,(H,25,26). The highest BCUT2D eigenvalue weighted by molar-refractivity contribution is 5.67. The van der Waals surface area contributed by atoms with Crippen LogP contribution in [0.5, 0.6) is 0 Å². The van der Waals surface area contributed by atoms with Gasteiger partial charge in [-0.2, -0.15) is 0 Å². The maximum Gasteiger partial charge on any atom is 0.407 e. The summed E-state index contributed by atoms with van der Waals surface area (Å²) < 4.78 is 47.9. The molecule has 0 saturated carbocycles. The summed E-state index contributed by atoms with van der Waals surface area (Å²) in [5.74, 6) is 2.39. The van der Waals surface area contributed by atoms with E-state index in [4.69, 9.17) is 49.1 Å². The van der Waals surface area contributed by atoms with Crippen LogP contribution in [0.3, 0.4) is 0 Å². The van der Waals surface area contributed by atoms with Gasteiger partial charge in [-0.05, 0) is 20.8 Å². The van der Waals surface area contributed by atoms with Crippen molar-refractivity contribution in [3.63, 3.8) is 0 Å². The molecule has 0 spiro atoms. The molecular weight excluding hydrogens is 462 g/mol. The Hall–Kier alpha value is -1.49. The zero-order chi connectivity index (χ0) is 25.9. The Bertz CT molecular complexity index is 508. The van der Waals surface area contributed by atoms with Crippen molar-refractivity contribution in [3.05, 3.63) is 0 Å². The molecule has 0 unspecified atom stereocenters. The van der Waals surface area contributed by atoms with E-state index in [1.165, 1.54) is 0 Å². The first-order valence-electron chi connectivity index (χ1n) is 12.0. The molecule has 0 rings (SSSR count). The first kappa shape index (κ1) is 33.5. The summed E-state index contributed by atoms with van der Waals surface area (Å²) in [5, 5.41) is 2.62. The average Bonchev–Trinajstić information content (AvgIpc) is 2.80. The van der Waals surface area contributed by atoms with Crippen LogP contribution in [0.15, 0.2) is 0 Å². The summed E-state index contributed by atoms with van der Waals surface area (Å²) in [4.78, 5) is 11.4. The number of rotatable bonds is 25. The zero-order valence-corrected chi connectivity index (χ0v) is 21.7. The quantitative estimate of drug-likeness (QED) is 0.143. The number of carbonyl (C=O) groups excluding carboxylic acids is 1. The van der Waals surface area contributed by atoms with Crippen molar-refractivity contribution in [1.29, 1.82) is 0 Å². The Kier molecular flexibility index (Phi) is 24.5. The Balaban J connectivity index is 3.10. The highest BCUT2D eigenvalue weighted by Crippen LogP contribution is 2.06. The van der Waals surface area contributed by atoms with E-state index < -0.39 is 11.7 Å². The van der Waals surface area contributed by atoms with Gasteiger partial charge in [-0.25, -0.2) is 4.79 Å². The lowest BCUT2D eigenvalue weighted by Gasteiger charge is -2.19. The van der Waals surface area contributed by atoms with Crippen LogP contribution in [0, 0.1) is 12.3 Å². The van der Waals surface area contributed by atoms with E-state index in [0.29, 0.717) is 112 Å². The van der Waals surface area contributed by atoms with Gasteiger partial charge in [-0.15, -0.1) is 6.42 Å². The normalized spacial score (nSPS) is 11.4. The van der Waals surface area contributed by atoms with Crippen LogP contribution in [-0.4, -0.2) is 124 Å². The number of amides is 1. The van der Waals surface area contributed by atoms with Gasteiger partial charge in [0.1, 0.15) is 12.2 Å². The summed E-state index contributed by atoms with van der Waals surface area (Å²) in [5.41, 5.74) is -0.506. The van der Waals surface area contributed by atoms with Crippen LogP contribution in [0.25, 0.3) is 0 Å². The number of nitrogens with one attached hydrogen (secondary N) is 1. The topological polar surface area (TPSA) is 112 Å². The Morgan fingerprint density at radius 1 is 0.600 bits per heavy atom. The van der Waals surface area contributed by atoms with Gasteiger partial charge in [-0.3, -0.25) is 0 Å². The molecule has 11 nitrogen and oxygen atoms in total. The molecule has 0 fully saturated rings. The maximum absolute atomic E-state index is 11.4. The molecule has 0 atom stereocenters. The zero-order valence-electron chi connectivity index (χ0n) is 21.7. The van der Waals surface area contributed by atoms with Crippen molar-refractivity contribution in [3.8, 4) is 12.3 Å². The fourth-order valence-corrected chi connectivity index (χ4v) is 2.21. The highest BCUT2D eigenvalue weighted by atomic mass is 16.6. The van der Waals surface area contributed by atoms with Gasteiger partial charge in [-0.1, -0.05) is 5.92 Å². The molecule has 0 bridgehead atoms. The van der Waals surface area contributed by atoms with Crippen LogP contribution in [0.1, 0.15) is 20.8 Å². The summed E-state index contributed by atoms with van der Waals surface area (Å²) in [6, 6.07) is 0. The largest absolute Gasteiger partial charge is 0.444 e. The van der Waals surface area contributed by atoms with Crippen molar-refractivity contribution in [2.45, 2.75) is 26.4 Å². The van der Waals surface area contributed by atoms with E-state index in [-0.39, 0.29) is 0 Å². The highest BCUT2D eigenvalue weighted by Gasteiger charge is 2.15. The third-order valence-electron chi connectivity index (χ3n) is 3.70. The molecule has 35 heavy (non-hydrogen) atoms. The first-order chi connectivity index (χ1) is 17.0. The van der Waals surface area contributed by atoms with Crippen molar-refractivity contribution >= 4 is 6.09 Å². The monoisotopic (exact) mass is 507 g/mol. The molecule has 1 amide bonds. The minimum Gasteiger partial charge on any atom is -0.444 e. The van der Waals surface area contributed by atoms with Crippen molar-refractivity contribution < 1.29 is 47.4 Å². The van der Waals surface area contributed by atoms with E-state index in [1.54, 1.807) is 0 Å². The fourth-order valence-electron chi connectivity index (χ4n) is 2.21. The van der Waals surface area contributed by atoms with E-state index in [9.17, 15) is 4.79 Å². The third kappa shape index (κ3) is 30.5. The second-order valence-corrected chi connectivity index (χ2v) is 7.97. The van der Waals surface area contributed by atoms with Crippen LogP contribution in [0.4, 0.5) is 4.79 Å². The van der Waals surface area contributed by atoms with E-state index in [1.807, 2.05) is 20.8 Å². The molecule has 206 valence electrons. The lowest BCUT2D eigenvalue weighted by molar-refractivity contribution is -0.0224. The molecular formula is C24H45NO10. The van der Waals surface area contributed by atoms with Crippen LogP contribution in [-0.2, 0) is 42.6 Å². The fraction of sp³-hybridized carbons (Fsp3) is 0.875. The summed E-state index contributed by atoms with van der Waals surface area (Å²) in [7, 11) is 0. The maximum atomic E-state index is 11.4. The SMILES string of the molecule is C#CCOCCOCCOCCOCCOCCOCCOCCOCCNC(=O)OC(C)(C)C. The molecule has 11 heteroatoms. The number of terminal acetylenes is 1. The number of hydrogen-bond donors (Lipinski definition) is 1. The number of hydrogen-bond acceptors (Lipinski definition) is 10. The van der Waals surface area contributed by atoms with Crippen LogP contribution < -0.4 is 5.32 Å². The predicted molar refractivity (Wildman–Crippen MR) is 130 cm³/mol. The second kappa shape index (κ2) is 25.6. The Morgan fingerprint density at radius 2 is 0.914 bits per heavy atom. The van der Waals surface area contributed by atoms with Crippen LogP contribution >= 0.6 is 0 Å². The minimum absolute atomic E-state index is 0.306. The van der Waals surface area contributed by atoms with Gasteiger partial charge in [0.25, 0.3) is 0 Å². The van der Waals surface area contributed by atoms with Crippen LogP contribution in [0.2, 0.25) is 0 Å². The summed E-state index contributed by atoms with van der Waals surface area (Å²) in [6.07, 6.45) is 4.61. The lowest BCUT2D eigenvalue weighted by atomic mass is 10.2. The second-order valence-electron chi connectivity index (χ2n) is 7.97. The molecule has 0 aromatic heterocycles. The third-order valence-corrected chi connectivity index (χ3v) is 3.70. The molecule has 0 heterocycles. The molecule has 0 saturated heterocycles. The lowest BCUT2D eigenvalue weighted by Crippen LogP contribution is -2.34. The Morgan fingerprint density at radius 3 is 1.23 bits per heavy atom. The molecule has 1 N–H and O–H groups in total. The van der Waals surface area contributed by atoms with Crippen molar-refractivity contribution in [2.75, 3.05) is 112 Å². The summed E-state index contributed by atoms with van der Waals surface area (Å²) in [6.45, 7) is 13.4. The molecule has 0 aromatic rings. The molecule has 0 aliphatic rings.